The molecule has 0 bridgehead atoms. The van der Waals surface area contributed by atoms with Crippen LogP contribution < -0.4 is 10.5 Å². The van der Waals surface area contributed by atoms with Crippen molar-refractivity contribution in [1.82, 2.24) is 14.8 Å². The number of anilines is 1. The standard InChI is InChI=1S/C19H21N5O3S2/c1-12-4-7-14(8-5-12)18-22-23-19(24(18)3)28-11-17(25)21-15-9-6-13(2)16(10-15)29(20,26)27/h4-10H,11H2,1-3H3,(H,21,25)(H2,20,26,27). The van der Waals surface area contributed by atoms with E-state index in [1.54, 1.807) is 19.1 Å². The minimum atomic E-state index is -3.86. The van der Waals surface area contributed by atoms with Crippen molar-refractivity contribution in [2.75, 3.05) is 11.1 Å². The van der Waals surface area contributed by atoms with Crippen molar-refractivity contribution < 1.29 is 13.2 Å². The molecule has 0 spiro atoms. The van der Waals surface area contributed by atoms with E-state index in [1.165, 1.54) is 17.8 Å². The zero-order valence-electron chi connectivity index (χ0n) is 16.2. The molecule has 0 aliphatic rings. The van der Waals surface area contributed by atoms with E-state index in [4.69, 9.17) is 5.14 Å². The number of aromatic nitrogens is 3. The van der Waals surface area contributed by atoms with E-state index in [9.17, 15) is 13.2 Å². The van der Waals surface area contributed by atoms with Gasteiger partial charge in [-0.2, -0.15) is 0 Å². The molecule has 1 amide bonds. The molecule has 10 heteroatoms. The lowest BCUT2D eigenvalue weighted by atomic mass is 10.1. The summed E-state index contributed by atoms with van der Waals surface area (Å²) in [5, 5.41) is 16.8. The summed E-state index contributed by atoms with van der Waals surface area (Å²) in [4.78, 5) is 12.3. The van der Waals surface area contributed by atoms with Crippen LogP contribution in [-0.2, 0) is 21.9 Å². The third kappa shape index (κ3) is 5.03. The molecule has 0 radical (unpaired) electrons. The first-order valence-corrected chi connectivity index (χ1v) is 11.2. The molecule has 8 nitrogen and oxygen atoms in total. The summed E-state index contributed by atoms with van der Waals surface area (Å²) in [6, 6.07) is 12.5. The first-order chi connectivity index (χ1) is 13.6. The van der Waals surface area contributed by atoms with Crippen LogP contribution in [0.5, 0.6) is 0 Å². The van der Waals surface area contributed by atoms with E-state index in [0.29, 0.717) is 22.2 Å². The Labute approximate surface area is 173 Å². The van der Waals surface area contributed by atoms with Crippen LogP contribution in [-0.4, -0.2) is 34.8 Å². The fourth-order valence-electron chi connectivity index (χ4n) is 2.71. The third-order valence-electron chi connectivity index (χ3n) is 4.26. The number of nitrogens with zero attached hydrogens (tertiary/aromatic N) is 3. The van der Waals surface area contributed by atoms with Gasteiger partial charge in [0, 0.05) is 18.3 Å². The molecule has 0 saturated heterocycles. The number of rotatable bonds is 6. The molecule has 1 aromatic heterocycles. The summed E-state index contributed by atoms with van der Waals surface area (Å²) in [5.74, 6) is 0.515. The zero-order valence-corrected chi connectivity index (χ0v) is 17.8. The molecule has 152 valence electrons. The minimum Gasteiger partial charge on any atom is -0.325 e. The van der Waals surface area contributed by atoms with Gasteiger partial charge in [-0.25, -0.2) is 13.6 Å². The van der Waals surface area contributed by atoms with E-state index < -0.39 is 10.0 Å². The van der Waals surface area contributed by atoms with Crippen molar-refractivity contribution in [2.24, 2.45) is 12.2 Å². The van der Waals surface area contributed by atoms with E-state index in [0.717, 1.165) is 11.1 Å². The largest absolute Gasteiger partial charge is 0.325 e. The molecule has 0 aliphatic heterocycles. The monoisotopic (exact) mass is 431 g/mol. The van der Waals surface area contributed by atoms with Crippen LogP contribution in [0.2, 0.25) is 0 Å². The summed E-state index contributed by atoms with van der Waals surface area (Å²) >= 11 is 1.24. The van der Waals surface area contributed by atoms with Gasteiger partial charge in [0.05, 0.1) is 10.6 Å². The van der Waals surface area contributed by atoms with Crippen LogP contribution in [0.4, 0.5) is 5.69 Å². The average molecular weight is 432 g/mol. The van der Waals surface area contributed by atoms with Gasteiger partial charge >= 0.3 is 0 Å². The molecule has 29 heavy (non-hydrogen) atoms. The number of amides is 1. The third-order valence-corrected chi connectivity index (χ3v) is 6.33. The normalized spacial score (nSPS) is 11.4. The lowest BCUT2D eigenvalue weighted by Crippen LogP contribution is -2.17. The Morgan fingerprint density at radius 1 is 1.14 bits per heavy atom. The SMILES string of the molecule is Cc1ccc(-c2nnc(SCC(=O)Nc3ccc(C)c(S(N)(=O)=O)c3)n2C)cc1. The highest BCUT2D eigenvalue weighted by atomic mass is 32.2. The molecular formula is C19H21N5O3S2. The first kappa shape index (κ1) is 21.0. The summed E-state index contributed by atoms with van der Waals surface area (Å²) in [7, 11) is -2.02. The van der Waals surface area contributed by atoms with Gasteiger partial charge in [-0.15, -0.1) is 10.2 Å². The Kier molecular flexibility index (Phi) is 6.06. The van der Waals surface area contributed by atoms with Crippen molar-refractivity contribution in [3.63, 3.8) is 0 Å². The highest BCUT2D eigenvalue weighted by molar-refractivity contribution is 7.99. The molecule has 0 atom stereocenters. The molecule has 0 fully saturated rings. The number of carbonyl (C=O) groups excluding carboxylic acids is 1. The molecule has 2 aromatic carbocycles. The number of nitrogens with two attached hydrogens (primary N) is 1. The minimum absolute atomic E-state index is 0.0148. The van der Waals surface area contributed by atoms with Crippen LogP contribution in [0.15, 0.2) is 52.5 Å². The molecule has 3 N–H and O–H groups in total. The highest BCUT2D eigenvalue weighted by Gasteiger charge is 2.15. The number of benzene rings is 2. The van der Waals surface area contributed by atoms with Crippen LogP contribution in [0, 0.1) is 13.8 Å². The van der Waals surface area contributed by atoms with Crippen molar-refractivity contribution in [1.29, 1.82) is 0 Å². The van der Waals surface area contributed by atoms with Crippen LogP contribution in [0.25, 0.3) is 11.4 Å². The van der Waals surface area contributed by atoms with Gasteiger partial charge in [-0.1, -0.05) is 47.7 Å². The number of sulfonamides is 1. The zero-order chi connectivity index (χ0) is 21.2. The predicted molar refractivity (Wildman–Crippen MR) is 113 cm³/mol. The summed E-state index contributed by atoms with van der Waals surface area (Å²) < 4.78 is 25.1. The van der Waals surface area contributed by atoms with Crippen LogP contribution in [0.3, 0.4) is 0 Å². The highest BCUT2D eigenvalue weighted by Crippen LogP contribution is 2.24. The van der Waals surface area contributed by atoms with Crippen molar-refractivity contribution in [3.8, 4) is 11.4 Å². The van der Waals surface area contributed by atoms with Gasteiger partial charge in [0.15, 0.2) is 11.0 Å². The quantitative estimate of drug-likeness (QED) is 0.579. The number of carbonyl (C=O) groups is 1. The fraction of sp³-hybridized carbons (Fsp3) is 0.211. The molecule has 3 rings (SSSR count). The Bertz CT molecular complexity index is 1160. The molecule has 1 heterocycles. The maximum atomic E-state index is 12.3. The second kappa shape index (κ2) is 8.36. The van der Waals surface area contributed by atoms with Gasteiger partial charge in [0.2, 0.25) is 15.9 Å². The van der Waals surface area contributed by atoms with E-state index >= 15 is 0 Å². The molecule has 0 aliphatic carbocycles. The van der Waals surface area contributed by atoms with Crippen molar-refractivity contribution in [3.05, 3.63) is 53.6 Å². The number of thioether (sulfide) groups is 1. The van der Waals surface area contributed by atoms with E-state index in [-0.39, 0.29) is 16.6 Å². The number of aryl methyl sites for hydroxylation is 2. The van der Waals surface area contributed by atoms with Gasteiger partial charge in [0.25, 0.3) is 0 Å². The fourth-order valence-corrected chi connectivity index (χ4v) is 4.23. The van der Waals surface area contributed by atoms with Crippen LogP contribution >= 0.6 is 11.8 Å². The Morgan fingerprint density at radius 3 is 2.48 bits per heavy atom. The summed E-state index contributed by atoms with van der Waals surface area (Å²) in [6.07, 6.45) is 0. The van der Waals surface area contributed by atoms with Gasteiger partial charge in [0.1, 0.15) is 0 Å². The number of primary sulfonamides is 1. The lowest BCUT2D eigenvalue weighted by Gasteiger charge is -2.09. The molecular weight excluding hydrogens is 410 g/mol. The Morgan fingerprint density at radius 2 is 1.83 bits per heavy atom. The average Bonchev–Trinajstić information content (AvgIpc) is 3.02. The molecule has 0 saturated carbocycles. The summed E-state index contributed by atoms with van der Waals surface area (Å²) in [5.41, 5.74) is 2.98. The second-order valence-electron chi connectivity index (χ2n) is 6.59. The smallest absolute Gasteiger partial charge is 0.238 e. The number of hydrogen-bond donors (Lipinski definition) is 2. The Hall–Kier alpha value is -2.69. The second-order valence-corrected chi connectivity index (χ2v) is 9.07. The van der Waals surface area contributed by atoms with Gasteiger partial charge < -0.3 is 9.88 Å². The molecule has 0 unspecified atom stereocenters. The maximum Gasteiger partial charge on any atom is 0.238 e. The molecule has 3 aromatic rings. The number of nitrogens with one attached hydrogen (secondary N) is 1. The van der Waals surface area contributed by atoms with Crippen LogP contribution in [0.1, 0.15) is 11.1 Å². The van der Waals surface area contributed by atoms with Gasteiger partial charge in [-0.3, -0.25) is 4.79 Å². The Balaban J connectivity index is 1.67. The van der Waals surface area contributed by atoms with Crippen molar-refractivity contribution in [2.45, 2.75) is 23.9 Å². The number of hydrogen-bond acceptors (Lipinski definition) is 6. The predicted octanol–water partition coefficient (Wildman–Crippen LogP) is 2.48. The van der Waals surface area contributed by atoms with Crippen molar-refractivity contribution >= 4 is 33.4 Å². The van der Waals surface area contributed by atoms with Gasteiger partial charge in [-0.05, 0) is 31.5 Å². The topological polar surface area (TPSA) is 120 Å². The van der Waals surface area contributed by atoms with E-state index in [1.807, 2.05) is 42.8 Å². The summed E-state index contributed by atoms with van der Waals surface area (Å²) in [6.45, 7) is 3.65. The maximum absolute atomic E-state index is 12.3. The first-order valence-electron chi connectivity index (χ1n) is 8.67. The van der Waals surface area contributed by atoms with E-state index in [2.05, 4.69) is 15.5 Å². The lowest BCUT2D eigenvalue weighted by molar-refractivity contribution is -0.113.